The molecule has 4 nitrogen and oxygen atoms in total. The van der Waals surface area contributed by atoms with E-state index in [4.69, 9.17) is 5.26 Å². The van der Waals surface area contributed by atoms with E-state index in [1.54, 1.807) is 6.20 Å². The van der Waals surface area contributed by atoms with Gasteiger partial charge in [-0.1, -0.05) is 0 Å². The molecular weight excluding hydrogens is 176 g/mol. The molecule has 0 saturated carbocycles. The first-order valence-corrected chi connectivity index (χ1v) is 4.69. The van der Waals surface area contributed by atoms with Crippen molar-refractivity contribution >= 4 is 0 Å². The summed E-state index contributed by atoms with van der Waals surface area (Å²) in [5, 5.41) is 11.5. The molecule has 4 heteroatoms. The molecule has 0 aliphatic heterocycles. The number of aromatic nitrogens is 2. The van der Waals surface area contributed by atoms with Gasteiger partial charge < -0.3 is 5.32 Å². The molecule has 0 aliphatic rings. The number of aryl methyl sites for hydroxylation is 1. The van der Waals surface area contributed by atoms with Crippen molar-refractivity contribution in [3.8, 4) is 6.07 Å². The lowest BCUT2D eigenvalue weighted by Gasteiger charge is -2.02. The first-order chi connectivity index (χ1) is 6.83. The summed E-state index contributed by atoms with van der Waals surface area (Å²) in [5.74, 6) is 0.793. The smallest absolute Gasteiger partial charge is 0.125 e. The molecule has 1 rings (SSSR count). The van der Waals surface area contributed by atoms with Crippen molar-refractivity contribution < 1.29 is 0 Å². The second kappa shape index (κ2) is 6.06. The number of nitrogens with one attached hydrogen (secondary N) is 1. The molecular formula is C10H14N4. The number of rotatable bonds is 5. The van der Waals surface area contributed by atoms with Crippen molar-refractivity contribution in [3.05, 3.63) is 23.8 Å². The molecule has 0 atom stereocenters. The van der Waals surface area contributed by atoms with E-state index in [9.17, 15) is 0 Å². The second-order valence-electron chi connectivity index (χ2n) is 3.03. The van der Waals surface area contributed by atoms with Crippen LogP contribution in [0.2, 0.25) is 0 Å². The van der Waals surface area contributed by atoms with Crippen LogP contribution in [0.15, 0.2) is 12.3 Å². The Hall–Kier alpha value is -1.47. The summed E-state index contributed by atoms with van der Waals surface area (Å²) >= 11 is 0. The maximum absolute atomic E-state index is 8.32. The Labute approximate surface area is 84.0 Å². The Morgan fingerprint density at radius 3 is 3.14 bits per heavy atom. The van der Waals surface area contributed by atoms with Gasteiger partial charge in [0.05, 0.1) is 11.8 Å². The maximum Gasteiger partial charge on any atom is 0.125 e. The van der Waals surface area contributed by atoms with Crippen LogP contribution < -0.4 is 5.32 Å². The van der Waals surface area contributed by atoms with Crippen molar-refractivity contribution in [1.29, 1.82) is 5.26 Å². The van der Waals surface area contributed by atoms with Gasteiger partial charge in [0.2, 0.25) is 0 Å². The molecule has 0 unspecified atom stereocenters. The van der Waals surface area contributed by atoms with Gasteiger partial charge in [0.25, 0.3) is 0 Å². The zero-order chi connectivity index (χ0) is 10.2. The van der Waals surface area contributed by atoms with Crippen molar-refractivity contribution in [3.63, 3.8) is 0 Å². The molecule has 0 aromatic carbocycles. The summed E-state index contributed by atoms with van der Waals surface area (Å²) in [5.41, 5.74) is 0.995. The van der Waals surface area contributed by atoms with Crippen LogP contribution in [0.25, 0.3) is 0 Å². The fraction of sp³-hybridized carbons (Fsp3) is 0.500. The number of nitrogens with zero attached hydrogens (tertiary/aromatic N) is 3. The van der Waals surface area contributed by atoms with E-state index in [-0.39, 0.29) is 0 Å². The Morgan fingerprint density at radius 1 is 1.57 bits per heavy atom. The molecule has 0 aliphatic carbocycles. The van der Waals surface area contributed by atoms with E-state index in [2.05, 4.69) is 21.4 Å². The molecule has 14 heavy (non-hydrogen) atoms. The molecule has 0 fully saturated rings. The van der Waals surface area contributed by atoms with Gasteiger partial charge in [0.1, 0.15) is 5.82 Å². The average Bonchev–Trinajstić information content (AvgIpc) is 2.18. The normalized spacial score (nSPS) is 9.71. The lowest BCUT2D eigenvalue weighted by molar-refractivity contribution is 0.645. The van der Waals surface area contributed by atoms with Gasteiger partial charge in [-0.2, -0.15) is 5.26 Å². The molecule has 0 bridgehead atoms. The molecule has 74 valence electrons. The summed E-state index contributed by atoms with van der Waals surface area (Å²) in [6.45, 7) is 3.48. The minimum atomic E-state index is 0.607. The topological polar surface area (TPSA) is 61.6 Å². The highest BCUT2D eigenvalue weighted by Gasteiger charge is 1.94. The van der Waals surface area contributed by atoms with Crippen LogP contribution in [0.4, 0.5) is 0 Å². The van der Waals surface area contributed by atoms with E-state index in [1.165, 1.54) is 0 Å². The highest BCUT2D eigenvalue weighted by molar-refractivity contribution is 5.00. The molecule has 1 aromatic rings. The summed E-state index contributed by atoms with van der Waals surface area (Å²) in [4.78, 5) is 8.27. The van der Waals surface area contributed by atoms with Crippen molar-refractivity contribution in [2.45, 2.75) is 26.3 Å². The van der Waals surface area contributed by atoms with Crippen LogP contribution >= 0.6 is 0 Å². The SMILES string of the molecule is Cc1nccc(CNCCCC#N)n1. The zero-order valence-electron chi connectivity index (χ0n) is 8.32. The first-order valence-electron chi connectivity index (χ1n) is 4.69. The first kappa shape index (κ1) is 10.6. The summed E-state index contributed by atoms with van der Waals surface area (Å²) in [6.07, 6.45) is 3.25. The Bertz CT molecular complexity index is 316. The Morgan fingerprint density at radius 2 is 2.43 bits per heavy atom. The van der Waals surface area contributed by atoms with Gasteiger partial charge in [-0.05, 0) is 26.0 Å². The van der Waals surface area contributed by atoms with Crippen LogP contribution in [0.1, 0.15) is 24.4 Å². The van der Waals surface area contributed by atoms with Crippen LogP contribution in [-0.2, 0) is 6.54 Å². The minimum Gasteiger partial charge on any atom is -0.311 e. The lowest BCUT2D eigenvalue weighted by atomic mass is 10.3. The van der Waals surface area contributed by atoms with Gasteiger partial charge in [-0.15, -0.1) is 0 Å². The van der Waals surface area contributed by atoms with E-state index < -0.39 is 0 Å². The Balaban J connectivity index is 2.22. The number of nitriles is 1. The molecule has 0 radical (unpaired) electrons. The highest BCUT2D eigenvalue weighted by Crippen LogP contribution is 1.94. The monoisotopic (exact) mass is 190 g/mol. The maximum atomic E-state index is 8.32. The van der Waals surface area contributed by atoms with Gasteiger partial charge in [0.15, 0.2) is 0 Å². The summed E-state index contributed by atoms with van der Waals surface area (Å²) < 4.78 is 0. The third-order valence-corrected chi connectivity index (χ3v) is 1.78. The van der Waals surface area contributed by atoms with E-state index >= 15 is 0 Å². The van der Waals surface area contributed by atoms with E-state index in [0.717, 1.165) is 31.0 Å². The summed E-state index contributed by atoms with van der Waals surface area (Å²) in [7, 11) is 0. The quantitative estimate of drug-likeness (QED) is 0.708. The minimum absolute atomic E-state index is 0.607. The standard InChI is InChI=1S/C10H14N4/c1-9-13-7-4-10(14-9)8-12-6-3-2-5-11/h4,7,12H,2-3,6,8H2,1H3. The van der Waals surface area contributed by atoms with Crippen LogP contribution in [0.3, 0.4) is 0 Å². The largest absolute Gasteiger partial charge is 0.311 e. The van der Waals surface area contributed by atoms with Crippen molar-refractivity contribution in [2.24, 2.45) is 0 Å². The van der Waals surface area contributed by atoms with E-state index in [1.807, 2.05) is 13.0 Å². The van der Waals surface area contributed by atoms with Gasteiger partial charge in [-0.25, -0.2) is 9.97 Å². The Kier molecular flexibility index (Phi) is 4.59. The fourth-order valence-electron chi connectivity index (χ4n) is 1.11. The fourth-order valence-corrected chi connectivity index (χ4v) is 1.11. The van der Waals surface area contributed by atoms with Crippen molar-refractivity contribution in [2.75, 3.05) is 6.54 Å². The molecule has 0 saturated heterocycles. The lowest BCUT2D eigenvalue weighted by Crippen LogP contribution is -2.15. The predicted octanol–water partition coefficient (Wildman–Crippen LogP) is 1.18. The molecule has 1 N–H and O–H groups in total. The predicted molar refractivity (Wildman–Crippen MR) is 53.3 cm³/mol. The zero-order valence-corrected chi connectivity index (χ0v) is 8.32. The molecule has 0 spiro atoms. The van der Waals surface area contributed by atoms with Gasteiger partial charge >= 0.3 is 0 Å². The third kappa shape index (κ3) is 3.97. The average molecular weight is 190 g/mol. The van der Waals surface area contributed by atoms with Crippen LogP contribution in [0, 0.1) is 18.3 Å². The number of unbranched alkanes of at least 4 members (excludes halogenated alkanes) is 1. The summed E-state index contributed by atoms with van der Waals surface area (Å²) in [6, 6.07) is 4.00. The van der Waals surface area contributed by atoms with Gasteiger partial charge in [0, 0.05) is 19.2 Å². The van der Waals surface area contributed by atoms with Crippen LogP contribution in [0.5, 0.6) is 0 Å². The van der Waals surface area contributed by atoms with Crippen LogP contribution in [-0.4, -0.2) is 16.5 Å². The number of hydrogen-bond acceptors (Lipinski definition) is 4. The molecule has 0 amide bonds. The molecule has 1 aromatic heterocycles. The second-order valence-corrected chi connectivity index (χ2v) is 3.03. The third-order valence-electron chi connectivity index (χ3n) is 1.78. The highest BCUT2D eigenvalue weighted by atomic mass is 14.9. The number of hydrogen-bond donors (Lipinski definition) is 1. The van der Waals surface area contributed by atoms with Gasteiger partial charge in [-0.3, -0.25) is 0 Å². The van der Waals surface area contributed by atoms with E-state index in [0.29, 0.717) is 6.42 Å². The van der Waals surface area contributed by atoms with Crippen molar-refractivity contribution in [1.82, 2.24) is 15.3 Å². The molecule has 1 heterocycles.